The second-order valence-electron chi connectivity index (χ2n) is 4.53. The highest BCUT2D eigenvalue weighted by molar-refractivity contribution is 9.09. The lowest BCUT2D eigenvalue weighted by molar-refractivity contribution is 0.123. The number of hydrogen-bond acceptors (Lipinski definition) is 3. The molecule has 0 atom stereocenters. The number of aromatic nitrogens is 1. The standard InChI is InChI=1S/C15H19BrN2O/c1-18(9-11-19-10-7-16)12-13-6-8-17-15-5-3-2-4-14(13)15/h2-6,8H,7,9-12H2,1H3. The Morgan fingerprint density at radius 1 is 1.21 bits per heavy atom. The first kappa shape index (κ1) is 14.4. The first-order chi connectivity index (χ1) is 9.31. The molecule has 2 rings (SSSR count). The summed E-state index contributed by atoms with van der Waals surface area (Å²) in [6.07, 6.45) is 1.88. The zero-order chi connectivity index (χ0) is 13.5. The second-order valence-corrected chi connectivity index (χ2v) is 5.32. The fraction of sp³-hybridized carbons (Fsp3) is 0.400. The summed E-state index contributed by atoms with van der Waals surface area (Å²) in [5, 5.41) is 2.13. The van der Waals surface area contributed by atoms with Gasteiger partial charge < -0.3 is 4.74 Å². The van der Waals surface area contributed by atoms with Crippen molar-refractivity contribution in [1.82, 2.24) is 9.88 Å². The number of likely N-dealkylation sites (N-methyl/N-ethyl adjacent to an activating group) is 1. The highest BCUT2D eigenvalue weighted by Gasteiger charge is 2.04. The number of para-hydroxylation sites is 1. The van der Waals surface area contributed by atoms with Crippen molar-refractivity contribution in [1.29, 1.82) is 0 Å². The van der Waals surface area contributed by atoms with Crippen LogP contribution in [0.15, 0.2) is 36.5 Å². The summed E-state index contributed by atoms with van der Waals surface area (Å²) < 4.78 is 5.48. The number of halogens is 1. The van der Waals surface area contributed by atoms with Crippen LogP contribution in [0.3, 0.4) is 0 Å². The number of nitrogens with zero attached hydrogens (tertiary/aromatic N) is 2. The molecule has 0 saturated heterocycles. The van der Waals surface area contributed by atoms with Crippen LogP contribution in [-0.2, 0) is 11.3 Å². The Kier molecular flexibility index (Phi) is 5.76. The zero-order valence-electron chi connectivity index (χ0n) is 11.2. The topological polar surface area (TPSA) is 25.4 Å². The predicted molar refractivity (Wildman–Crippen MR) is 82.7 cm³/mol. The molecule has 4 heteroatoms. The Morgan fingerprint density at radius 3 is 2.89 bits per heavy atom. The summed E-state index contributed by atoms with van der Waals surface area (Å²) in [7, 11) is 2.12. The Hall–Kier alpha value is -0.970. The molecule has 0 aliphatic carbocycles. The van der Waals surface area contributed by atoms with E-state index in [4.69, 9.17) is 4.74 Å². The molecule has 0 aliphatic heterocycles. The molecule has 1 aromatic carbocycles. The average Bonchev–Trinajstić information content (AvgIpc) is 2.44. The highest BCUT2D eigenvalue weighted by atomic mass is 79.9. The molecule has 0 fully saturated rings. The molecule has 0 radical (unpaired) electrons. The van der Waals surface area contributed by atoms with Crippen LogP contribution in [-0.4, -0.2) is 42.0 Å². The third kappa shape index (κ3) is 4.27. The highest BCUT2D eigenvalue weighted by Crippen LogP contribution is 2.17. The number of hydrogen-bond donors (Lipinski definition) is 0. The molecule has 0 aliphatic rings. The predicted octanol–water partition coefficient (Wildman–Crippen LogP) is 3.08. The van der Waals surface area contributed by atoms with E-state index in [1.807, 2.05) is 12.3 Å². The van der Waals surface area contributed by atoms with E-state index >= 15 is 0 Å². The molecule has 1 heterocycles. The summed E-state index contributed by atoms with van der Waals surface area (Å²) in [6, 6.07) is 10.4. The lowest BCUT2D eigenvalue weighted by atomic mass is 10.1. The number of alkyl halides is 1. The van der Waals surface area contributed by atoms with Gasteiger partial charge in [-0.05, 0) is 24.7 Å². The first-order valence-electron chi connectivity index (χ1n) is 6.46. The molecule has 0 amide bonds. The van der Waals surface area contributed by atoms with Crippen LogP contribution < -0.4 is 0 Å². The van der Waals surface area contributed by atoms with E-state index in [2.05, 4.69) is 57.1 Å². The van der Waals surface area contributed by atoms with Crippen molar-refractivity contribution in [2.75, 3.05) is 32.1 Å². The average molecular weight is 323 g/mol. The second kappa shape index (κ2) is 7.58. The molecular weight excluding hydrogens is 304 g/mol. The summed E-state index contributed by atoms with van der Waals surface area (Å²) in [5.74, 6) is 0. The minimum atomic E-state index is 0.769. The van der Waals surface area contributed by atoms with Crippen LogP contribution in [0.4, 0.5) is 0 Å². The van der Waals surface area contributed by atoms with E-state index in [-0.39, 0.29) is 0 Å². The van der Waals surface area contributed by atoms with Crippen LogP contribution in [0.2, 0.25) is 0 Å². The van der Waals surface area contributed by atoms with Gasteiger partial charge in [-0.15, -0.1) is 0 Å². The molecule has 0 saturated carbocycles. The lowest BCUT2D eigenvalue weighted by Crippen LogP contribution is -2.23. The van der Waals surface area contributed by atoms with Crippen molar-refractivity contribution >= 4 is 26.8 Å². The number of rotatable bonds is 7. The maximum absolute atomic E-state index is 5.48. The number of fused-ring (bicyclic) bond motifs is 1. The van der Waals surface area contributed by atoms with Crippen molar-refractivity contribution in [2.24, 2.45) is 0 Å². The van der Waals surface area contributed by atoms with E-state index in [0.717, 1.165) is 37.2 Å². The molecule has 3 nitrogen and oxygen atoms in total. The Bertz CT molecular complexity index is 513. The fourth-order valence-corrected chi connectivity index (χ4v) is 2.27. The summed E-state index contributed by atoms with van der Waals surface area (Å²) >= 11 is 3.35. The van der Waals surface area contributed by atoms with Crippen LogP contribution in [0.25, 0.3) is 10.9 Å². The number of benzene rings is 1. The Labute approximate surface area is 122 Å². The number of pyridine rings is 1. The van der Waals surface area contributed by atoms with Crippen molar-refractivity contribution in [2.45, 2.75) is 6.54 Å². The Morgan fingerprint density at radius 2 is 2.05 bits per heavy atom. The van der Waals surface area contributed by atoms with Crippen LogP contribution in [0.5, 0.6) is 0 Å². The monoisotopic (exact) mass is 322 g/mol. The van der Waals surface area contributed by atoms with Gasteiger partial charge in [-0.25, -0.2) is 0 Å². The van der Waals surface area contributed by atoms with Gasteiger partial charge in [0, 0.05) is 30.0 Å². The minimum Gasteiger partial charge on any atom is -0.379 e. The summed E-state index contributed by atoms with van der Waals surface area (Å²) in [4.78, 5) is 6.66. The normalized spacial score (nSPS) is 11.3. The molecule has 1 aromatic heterocycles. The maximum atomic E-state index is 5.48. The number of ether oxygens (including phenoxy) is 1. The first-order valence-corrected chi connectivity index (χ1v) is 7.58. The molecule has 0 bridgehead atoms. The maximum Gasteiger partial charge on any atom is 0.0705 e. The molecule has 0 spiro atoms. The molecule has 19 heavy (non-hydrogen) atoms. The van der Waals surface area contributed by atoms with E-state index < -0.39 is 0 Å². The van der Waals surface area contributed by atoms with Gasteiger partial charge in [-0.1, -0.05) is 34.1 Å². The van der Waals surface area contributed by atoms with E-state index in [9.17, 15) is 0 Å². The van der Waals surface area contributed by atoms with Crippen LogP contribution in [0, 0.1) is 0 Å². The zero-order valence-corrected chi connectivity index (χ0v) is 12.8. The third-order valence-electron chi connectivity index (χ3n) is 3.02. The smallest absolute Gasteiger partial charge is 0.0705 e. The molecule has 0 unspecified atom stereocenters. The van der Waals surface area contributed by atoms with Gasteiger partial charge in [0.2, 0.25) is 0 Å². The lowest BCUT2D eigenvalue weighted by Gasteiger charge is -2.17. The summed E-state index contributed by atoms with van der Waals surface area (Å²) in [6.45, 7) is 3.39. The molecular formula is C15H19BrN2O. The molecule has 2 aromatic rings. The van der Waals surface area contributed by atoms with Gasteiger partial charge in [-0.3, -0.25) is 9.88 Å². The van der Waals surface area contributed by atoms with Crippen molar-refractivity contribution in [3.63, 3.8) is 0 Å². The fourth-order valence-electron chi connectivity index (χ4n) is 2.04. The molecule has 102 valence electrons. The van der Waals surface area contributed by atoms with Crippen LogP contribution >= 0.6 is 15.9 Å². The van der Waals surface area contributed by atoms with Gasteiger partial charge in [0.25, 0.3) is 0 Å². The van der Waals surface area contributed by atoms with E-state index in [0.29, 0.717) is 0 Å². The van der Waals surface area contributed by atoms with Gasteiger partial charge in [0.1, 0.15) is 0 Å². The summed E-state index contributed by atoms with van der Waals surface area (Å²) in [5.41, 5.74) is 2.37. The quantitative estimate of drug-likeness (QED) is 0.578. The largest absolute Gasteiger partial charge is 0.379 e. The van der Waals surface area contributed by atoms with Crippen molar-refractivity contribution in [3.05, 3.63) is 42.1 Å². The van der Waals surface area contributed by atoms with E-state index in [1.165, 1.54) is 10.9 Å². The Balaban J connectivity index is 1.97. The molecule has 0 N–H and O–H groups in total. The van der Waals surface area contributed by atoms with Gasteiger partial charge in [-0.2, -0.15) is 0 Å². The van der Waals surface area contributed by atoms with Gasteiger partial charge in [0.15, 0.2) is 0 Å². The SMILES string of the molecule is CN(CCOCCBr)Cc1ccnc2ccccc12. The van der Waals surface area contributed by atoms with Crippen LogP contribution in [0.1, 0.15) is 5.56 Å². The van der Waals surface area contributed by atoms with E-state index in [1.54, 1.807) is 0 Å². The van der Waals surface area contributed by atoms with Crippen molar-refractivity contribution < 1.29 is 4.74 Å². The van der Waals surface area contributed by atoms with Crippen molar-refractivity contribution in [3.8, 4) is 0 Å². The van der Waals surface area contributed by atoms with Gasteiger partial charge >= 0.3 is 0 Å². The third-order valence-corrected chi connectivity index (χ3v) is 3.34. The van der Waals surface area contributed by atoms with Gasteiger partial charge in [0.05, 0.1) is 18.7 Å². The minimum absolute atomic E-state index is 0.769.